The molecule has 0 unspecified atom stereocenters. The monoisotopic (exact) mass is 193 g/mol. The summed E-state index contributed by atoms with van der Waals surface area (Å²) in [6.45, 7) is 3.37. The molecule has 2 aromatic rings. The summed E-state index contributed by atoms with van der Waals surface area (Å²) < 4.78 is 3.48. The van der Waals surface area contributed by atoms with Crippen LogP contribution < -0.4 is 5.73 Å². The molecule has 14 heavy (non-hydrogen) atoms. The first-order chi connectivity index (χ1) is 6.75. The molecule has 0 saturated carbocycles. The van der Waals surface area contributed by atoms with Crippen molar-refractivity contribution in [3.8, 4) is 0 Å². The summed E-state index contributed by atoms with van der Waals surface area (Å²) in [6.07, 6.45) is 1.57. The summed E-state index contributed by atoms with van der Waals surface area (Å²) in [4.78, 5) is 0. The van der Waals surface area contributed by atoms with Crippen LogP contribution in [0.2, 0.25) is 0 Å². The number of rotatable bonds is 3. The van der Waals surface area contributed by atoms with Gasteiger partial charge in [0.15, 0.2) is 0 Å². The predicted octanol–water partition coefficient (Wildman–Crippen LogP) is -0.540. The van der Waals surface area contributed by atoms with Crippen LogP contribution in [0.5, 0.6) is 0 Å². The summed E-state index contributed by atoms with van der Waals surface area (Å²) in [5.41, 5.74) is 6.59. The molecule has 2 N–H and O–H groups in total. The number of nitrogens with two attached hydrogens (primary N) is 1. The van der Waals surface area contributed by atoms with Crippen LogP contribution in [0.4, 0.5) is 5.82 Å². The van der Waals surface area contributed by atoms with Crippen molar-refractivity contribution in [2.45, 2.75) is 20.0 Å². The average molecular weight is 193 g/mol. The van der Waals surface area contributed by atoms with Crippen LogP contribution in [0.15, 0.2) is 12.4 Å². The second kappa shape index (κ2) is 3.44. The molecule has 7 heteroatoms. The SMILES string of the molecule is Cc1cc(N)nn1CCn1cnnn1. The van der Waals surface area contributed by atoms with Crippen LogP contribution in [0.1, 0.15) is 5.69 Å². The number of aromatic nitrogens is 6. The molecule has 7 nitrogen and oxygen atoms in total. The first-order valence-corrected chi connectivity index (χ1v) is 4.26. The Kier molecular flexibility index (Phi) is 2.13. The number of anilines is 1. The number of tetrazole rings is 1. The van der Waals surface area contributed by atoms with E-state index in [1.54, 1.807) is 11.0 Å². The largest absolute Gasteiger partial charge is 0.382 e. The highest BCUT2D eigenvalue weighted by Crippen LogP contribution is 2.03. The van der Waals surface area contributed by atoms with Crippen molar-refractivity contribution in [3.63, 3.8) is 0 Å². The smallest absolute Gasteiger partial charge is 0.145 e. The molecule has 0 aromatic carbocycles. The third-order valence-corrected chi connectivity index (χ3v) is 1.93. The summed E-state index contributed by atoms with van der Waals surface area (Å²) in [7, 11) is 0. The fraction of sp³-hybridized carbons (Fsp3) is 0.429. The van der Waals surface area contributed by atoms with E-state index in [9.17, 15) is 0 Å². The molecule has 0 aliphatic rings. The molecule has 2 heterocycles. The molecule has 0 spiro atoms. The van der Waals surface area contributed by atoms with Crippen molar-refractivity contribution in [2.24, 2.45) is 0 Å². The van der Waals surface area contributed by atoms with Gasteiger partial charge in [0.25, 0.3) is 0 Å². The van der Waals surface area contributed by atoms with Crippen LogP contribution >= 0.6 is 0 Å². The van der Waals surface area contributed by atoms with Crippen molar-refractivity contribution in [1.82, 2.24) is 30.0 Å². The molecular weight excluding hydrogens is 182 g/mol. The zero-order valence-electron chi connectivity index (χ0n) is 7.83. The van der Waals surface area contributed by atoms with Gasteiger partial charge in [0.2, 0.25) is 0 Å². The fourth-order valence-electron chi connectivity index (χ4n) is 1.24. The molecule has 0 bridgehead atoms. The topological polar surface area (TPSA) is 87.4 Å². The van der Waals surface area contributed by atoms with E-state index in [2.05, 4.69) is 20.6 Å². The maximum Gasteiger partial charge on any atom is 0.145 e. The summed E-state index contributed by atoms with van der Waals surface area (Å²) in [6, 6.07) is 1.83. The summed E-state index contributed by atoms with van der Waals surface area (Å²) in [5.74, 6) is 0.541. The van der Waals surface area contributed by atoms with Gasteiger partial charge in [-0.1, -0.05) is 0 Å². The zero-order chi connectivity index (χ0) is 9.97. The van der Waals surface area contributed by atoms with Crippen molar-refractivity contribution in [3.05, 3.63) is 18.1 Å². The minimum absolute atomic E-state index is 0.541. The molecule has 0 saturated heterocycles. The molecule has 0 atom stereocenters. The van der Waals surface area contributed by atoms with Crippen LogP contribution in [-0.2, 0) is 13.1 Å². The van der Waals surface area contributed by atoms with Crippen molar-refractivity contribution in [1.29, 1.82) is 0 Å². The first-order valence-electron chi connectivity index (χ1n) is 4.26. The second-order valence-corrected chi connectivity index (χ2v) is 3.01. The van der Waals surface area contributed by atoms with E-state index >= 15 is 0 Å². The van der Waals surface area contributed by atoms with Crippen LogP contribution in [0.25, 0.3) is 0 Å². The molecule has 2 aromatic heterocycles. The van der Waals surface area contributed by atoms with Gasteiger partial charge >= 0.3 is 0 Å². The van der Waals surface area contributed by atoms with Crippen molar-refractivity contribution in [2.75, 3.05) is 5.73 Å². The van der Waals surface area contributed by atoms with E-state index < -0.39 is 0 Å². The van der Waals surface area contributed by atoms with Gasteiger partial charge in [-0.15, -0.1) is 5.10 Å². The van der Waals surface area contributed by atoms with Gasteiger partial charge in [-0.25, -0.2) is 4.68 Å². The van der Waals surface area contributed by atoms with E-state index in [1.165, 1.54) is 0 Å². The van der Waals surface area contributed by atoms with Gasteiger partial charge in [-0.05, 0) is 17.4 Å². The quantitative estimate of drug-likeness (QED) is 0.707. The fourth-order valence-corrected chi connectivity index (χ4v) is 1.24. The minimum atomic E-state index is 0.541. The molecule has 2 rings (SSSR count). The Morgan fingerprint density at radius 1 is 1.43 bits per heavy atom. The Balaban J connectivity index is 2.01. The van der Waals surface area contributed by atoms with Gasteiger partial charge in [-0.2, -0.15) is 5.10 Å². The van der Waals surface area contributed by atoms with Crippen LogP contribution in [-0.4, -0.2) is 30.0 Å². The lowest BCUT2D eigenvalue weighted by Gasteiger charge is -2.02. The van der Waals surface area contributed by atoms with Gasteiger partial charge in [0, 0.05) is 11.8 Å². The Labute approximate surface area is 80.5 Å². The molecule has 0 radical (unpaired) electrons. The maximum absolute atomic E-state index is 5.55. The normalized spacial score (nSPS) is 10.6. The number of aryl methyl sites for hydroxylation is 3. The van der Waals surface area contributed by atoms with E-state index in [0.717, 1.165) is 5.69 Å². The standard InChI is InChI=1S/C7H11N7/c1-6-4-7(8)10-14(6)3-2-13-5-9-11-12-13/h4-5H,2-3H2,1H3,(H2,8,10). The number of hydrogen-bond donors (Lipinski definition) is 1. The van der Waals surface area contributed by atoms with Gasteiger partial charge in [0.1, 0.15) is 12.1 Å². The minimum Gasteiger partial charge on any atom is -0.382 e. The van der Waals surface area contributed by atoms with E-state index in [-0.39, 0.29) is 0 Å². The maximum atomic E-state index is 5.55. The molecule has 0 fully saturated rings. The first kappa shape index (κ1) is 8.67. The number of nitrogens with zero attached hydrogens (tertiary/aromatic N) is 6. The molecule has 0 aliphatic carbocycles. The zero-order valence-corrected chi connectivity index (χ0v) is 7.83. The Bertz CT molecular complexity index is 402. The highest BCUT2D eigenvalue weighted by Gasteiger charge is 2.01. The predicted molar refractivity (Wildman–Crippen MR) is 49.2 cm³/mol. The van der Waals surface area contributed by atoms with E-state index in [0.29, 0.717) is 18.9 Å². The molecule has 74 valence electrons. The molecule has 0 amide bonds. The van der Waals surface area contributed by atoms with Gasteiger partial charge in [0.05, 0.1) is 13.1 Å². The second-order valence-electron chi connectivity index (χ2n) is 3.01. The summed E-state index contributed by atoms with van der Waals surface area (Å²) >= 11 is 0. The Hall–Kier alpha value is -1.92. The third-order valence-electron chi connectivity index (χ3n) is 1.93. The van der Waals surface area contributed by atoms with Crippen molar-refractivity contribution >= 4 is 5.82 Å². The van der Waals surface area contributed by atoms with Gasteiger partial charge < -0.3 is 5.73 Å². The highest BCUT2D eigenvalue weighted by molar-refractivity contribution is 5.28. The lowest BCUT2D eigenvalue weighted by Crippen LogP contribution is -2.10. The summed E-state index contributed by atoms with van der Waals surface area (Å²) in [5, 5.41) is 15.0. The third kappa shape index (κ3) is 1.70. The van der Waals surface area contributed by atoms with Crippen molar-refractivity contribution < 1.29 is 0 Å². The molecular formula is C7H11N7. The Morgan fingerprint density at radius 3 is 2.86 bits per heavy atom. The number of nitrogen functional groups attached to an aromatic ring is 1. The number of hydrogen-bond acceptors (Lipinski definition) is 5. The van der Waals surface area contributed by atoms with E-state index in [1.807, 2.05) is 17.7 Å². The Morgan fingerprint density at radius 2 is 2.29 bits per heavy atom. The lowest BCUT2D eigenvalue weighted by atomic mass is 10.4. The average Bonchev–Trinajstić information content (AvgIpc) is 2.72. The van der Waals surface area contributed by atoms with Crippen LogP contribution in [0.3, 0.4) is 0 Å². The highest BCUT2D eigenvalue weighted by atomic mass is 15.5. The van der Waals surface area contributed by atoms with Gasteiger partial charge in [-0.3, -0.25) is 4.68 Å². The van der Waals surface area contributed by atoms with Crippen LogP contribution in [0, 0.1) is 6.92 Å². The molecule has 0 aliphatic heterocycles. The van der Waals surface area contributed by atoms with E-state index in [4.69, 9.17) is 5.73 Å². The lowest BCUT2D eigenvalue weighted by molar-refractivity contribution is 0.484.